The Balaban J connectivity index is 2.50. The number of hydrogen-bond acceptors (Lipinski definition) is 3. The largest absolute Gasteiger partial charge is 0.480 e. The molecule has 86 valence electrons. The summed E-state index contributed by atoms with van der Waals surface area (Å²) in [6.45, 7) is 2.84. The van der Waals surface area contributed by atoms with Crippen molar-refractivity contribution in [2.24, 2.45) is 0 Å². The minimum Gasteiger partial charge on any atom is -0.480 e. The van der Waals surface area contributed by atoms with Crippen molar-refractivity contribution in [3.63, 3.8) is 0 Å². The molecule has 0 bridgehead atoms. The molecule has 6 heteroatoms. The molecule has 0 aromatic carbocycles. The fraction of sp³-hybridized carbons (Fsp3) is 0.778. The first-order valence-corrected chi connectivity index (χ1v) is 6.13. The van der Waals surface area contributed by atoms with E-state index in [1.807, 2.05) is 0 Å². The second kappa shape index (κ2) is 4.74. The second-order valence-electron chi connectivity index (χ2n) is 3.73. The quantitative estimate of drug-likeness (QED) is 0.693. The molecule has 1 fully saturated rings. The predicted molar refractivity (Wildman–Crippen MR) is 55.9 cm³/mol. The molecule has 0 aromatic heterocycles. The van der Waals surface area contributed by atoms with Crippen LogP contribution in [0.15, 0.2) is 0 Å². The minimum atomic E-state index is -1.67. The van der Waals surface area contributed by atoms with Gasteiger partial charge in [-0.1, -0.05) is 0 Å². The molecule has 5 nitrogen and oxygen atoms in total. The summed E-state index contributed by atoms with van der Waals surface area (Å²) < 4.78 is 11.6. The number of carboxylic acids is 1. The standard InChI is InChI=1S/C9H15NO4S/c1-5(8(11)10-7-3-4-7)15(14)6(2)9(12)13/h5-7H,3-4H2,1-2H3,(H,10,11)(H,12,13). The molecular formula is C9H15NO4S. The Hall–Kier alpha value is -0.910. The summed E-state index contributed by atoms with van der Waals surface area (Å²) in [6.07, 6.45) is 1.92. The van der Waals surface area contributed by atoms with Crippen LogP contribution in [0.1, 0.15) is 26.7 Å². The number of aliphatic carboxylic acids is 1. The van der Waals surface area contributed by atoms with E-state index < -0.39 is 27.3 Å². The molecule has 0 aromatic rings. The van der Waals surface area contributed by atoms with Gasteiger partial charge in [0.2, 0.25) is 5.91 Å². The maximum atomic E-state index is 11.6. The molecule has 0 heterocycles. The highest BCUT2D eigenvalue weighted by Crippen LogP contribution is 2.19. The van der Waals surface area contributed by atoms with Gasteiger partial charge in [0.25, 0.3) is 0 Å². The van der Waals surface area contributed by atoms with Crippen LogP contribution in [0, 0.1) is 0 Å². The third kappa shape index (κ3) is 3.30. The third-order valence-corrected chi connectivity index (χ3v) is 4.15. The zero-order chi connectivity index (χ0) is 11.6. The van der Waals surface area contributed by atoms with E-state index in [1.54, 1.807) is 0 Å². The zero-order valence-corrected chi connectivity index (χ0v) is 9.54. The van der Waals surface area contributed by atoms with Crippen LogP contribution < -0.4 is 5.32 Å². The van der Waals surface area contributed by atoms with Gasteiger partial charge >= 0.3 is 5.97 Å². The first-order chi connectivity index (χ1) is 6.93. The van der Waals surface area contributed by atoms with Gasteiger partial charge in [-0.25, -0.2) is 0 Å². The molecule has 1 rings (SSSR count). The van der Waals surface area contributed by atoms with Gasteiger partial charge in [0.15, 0.2) is 0 Å². The van der Waals surface area contributed by atoms with Crippen molar-refractivity contribution in [3.8, 4) is 0 Å². The molecule has 1 amide bonds. The smallest absolute Gasteiger partial charge is 0.319 e. The van der Waals surface area contributed by atoms with E-state index in [-0.39, 0.29) is 11.9 Å². The topological polar surface area (TPSA) is 83.5 Å². The second-order valence-corrected chi connectivity index (χ2v) is 5.81. The van der Waals surface area contributed by atoms with Gasteiger partial charge in [-0.2, -0.15) is 0 Å². The lowest BCUT2D eigenvalue weighted by molar-refractivity contribution is -0.136. The molecule has 15 heavy (non-hydrogen) atoms. The zero-order valence-electron chi connectivity index (χ0n) is 8.73. The third-order valence-electron chi connectivity index (χ3n) is 2.34. The van der Waals surface area contributed by atoms with E-state index in [0.717, 1.165) is 12.8 Å². The summed E-state index contributed by atoms with van der Waals surface area (Å²) >= 11 is 0. The van der Waals surface area contributed by atoms with Gasteiger partial charge in [0, 0.05) is 16.8 Å². The van der Waals surface area contributed by atoms with Crippen molar-refractivity contribution < 1.29 is 18.9 Å². The van der Waals surface area contributed by atoms with Crippen molar-refractivity contribution in [1.82, 2.24) is 5.32 Å². The van der Waals surface area contributed by atoms with Crippen LogP contribution in [0.2, 0.25) is 0 Å². The molecule has 2 N–H and O–H groups in total. The van der Waals surface area contributed by atoms with Gasteiger partial charge in [-0.3, -0.25) is 13.8 Å². The summed E-state index contributed by atoms with van der Waals surface area (Å²) in [5, 5.41) is 9.58. The normalized spacial score (nSPS) is 21.5. The molecule has 1 aliphatic rings. The first-order valence-electron chi connectivity index (χ1n) is 4.86. The molecule has 0 saturated heterocycles. The molecule has 3 unspecified atom stereocenters. The Kier molecular flexibility index (Phi) is 3.84. The highest BCUT2D eigenvalue weighted by atomic mass is 32.2. The molecule has 0 aliphatic heterocycles. The lowest BCUT2D eigenvalue weighted by Gasteiger charge is -2.14. The SMILES string of the molecule is CC(C(=O)O)S(=O)C(C)C(=O)NC1CC1. The lowest BCUT2D eigenvalue weighted by atomic mass is 10.4. The Labute approximate surface area is 90.7 Å². The van der Waals surface area contributed by atoms with Gasteiger partial charge in [-0.15, -0.1) is 0 Å². The van der Waals surface area contributed by atoms with Crippen molar-refractivity contribution >= 4 is 22.7 Å². The van der Waals surface area contributed by atoms with Crippen LogP contribution in [-0.4, -0.2) is 37.7 Å². The van der Waals surface area contributed by atoms with Crippen molar-refractivity contribution in [2.45, 2.75) is 43.2 Å². The molecule has 1 aliphatic carbocycles. The van der Waals surface area contributed by atoms with Crippen molar-refractivity contribution in [1.29, 1.82) is 0 Å². The summed E-state index contributed by atoms with van der Waals surface area (Å²) in [5.74, 6) is -1.46. The molecule has 0 spiro atoms. The lowest BCUT2D eigenvalue weighted by Crippen LogP contribution is -2.40. The number of carbonyl (C=O) groups excluding carboxylic acids is 1. The van der Waals surface area contributed by atoms with Crippen LogP contribution in [-0.2, 0) is 20.4 Å². The highest BCUT2D eigenvalue weighted by Gasteiger charge is 2.31. The summed E-state index contributed by atoms with van der Waals surface area (Å²) in [7, 11) is -1.67. The summed E-state index contributed by atoms with van der Waals surface area (Å²) in [6, 6.07) is 0.206. The van der Waals surface area contributed by atoms with Gasteiger partial charge in [0.05, 0.1) is 0 Å². The predicted octanol–water partition coefficient (Wildman–Crippen LogP) is -0.125. The van der Waals surface area contributed by atoms with E-state index in [0.29, 0.717) is 0 Å². The van der Waals surface area contributed by atoms with Crippen LogP contribution in [0.4, 0.5) is 0 Å². The van der Waals surface area contributed by atoms with Crippen molar-refractivity contribution in [2.75, 3.05) is 0 Å². The van der Waals surface area contributed by atoms with Crippen molar-refractivity contribution in [3.05, 3.63) is 0 Å². The number of hydrogen-bond donors (Lipinski definition) is 2. The van der Waals surface area contributed by atoms with Crippen LogP contribution in [0.25, 0.3) is 0 Å². The minimum absolute atomic E-state index is 0.206. The number of amides is 1. The maximum absolute atomic E-state index is 11.6. The number of carbonyl (C=O) groups is 2. The van der Waals surface area contributed by atoms with Crippen LogP contribution in [0.5, 0.6) is 0 Å². The van der Waals surface area contributed by atoms with E-state index in [4.69, 9.17) is 5.11 Å². The van der Waals surface area contributed by atoms with E-state index in [2.05, 4.69) is 5.32 Å². The Morgan fingerprint density at radius 1 is 1.33 bits per heavy atom. The molecule has 1 saturated carbocycles. The number of rotatable bonds is 5. The van der Waals surface area contributed by atoms with E-state index >= 15 is 0 Å². The monoisotopic (exact) mass is 233 g/mol. The van der Waals surface area contributed by atoms with Gasteiger partial charge < -0.3 is 10.4 Å². The first kappa shape index (κ1) is 12.2. The number of nitrogens with one attached hydrogen (secondary N) is 1. The van der Waals surface area contributed by atoms with Gasteiger partial charge in [-0.05, 0) is 26.7 Å². The highest BCUT2D eigenvalue weighted by molar-refractivity contribution is 7.87. The summed E-state index contributed by atoms with van der Waals surface area (Å²) in [5.41, 5.74) is 0. The Bertz CT molecular complexity index is 300. The Morgan fingerprint density at radius 3 is 2.27 bits per heavy atom. The number of carboxylic acid groups (broad SMARTS) is 1. The van der Waals surface area contributed by atoms with E-state index in [1.165, 1.54) is 13.8 Å². The fourth-order valence-corrected chi connectivity index (χ4v) is 2.15. The van der Waals surface area contributed by atoms with E-state index in [9.17, 15) is 13.8 Å². The molecule has 3 atom stereocenters. The maximum Gasteiger partial charge on any atom is 0.319 e. The molecular weight excluding hydrogens is 218 g/mol. The fourth-order valence-electron chi connectivity index (χ4n) is 1.06. The average Bonchev–Trinajstić information content (AvgIpc) is 2.97. The van der Waals surface area contributed by atoms with Crippen LogP contribution in [0.3, 0.4) is 0 Å². The Morgan fingerprint density at radius 2 is 1.87 bits per heavy atom. The molecule has 0 radical (unpaired) electrons. The van der Waals surface area contributed by atoms with Gasteiger partial charge in [0.1, 0.15) is 10.5 Å². The average molecular weight is 233 g/mol. The summed E-state index contributed by atoms with van der Waals surface area (Å²) in [4.78, 5) is 22.0. The van der Waals surface area contributed by atoms with Crippen LogP contribution >= 0.6 is 0 Å².